The van der Waals surface area contributed by atoms with Crippen molar-refractivity contribution in [2.45, 2.75) is 70.6 Å². The summed E-state index contributed by atoms with van der Waals surface area (Å²) < 4.78 is 11.4. The highest BCUT2D eigenvalue weighted by Gasteiger charge is 2.47. The molecule has 0 aromatic heterocycles. The molecular weight excluding hydrogens is 208 g/mol. The van der Waals surface area contributed by atoms with Crippen LogP contribution in [0.4, 0.5) is 0 Å². The monoisotopic (exact) mass is 232 g/mol. The topological polar surface area (TPSA) is 58.9 Å². The Morgan fingerprint density at radius 2 is 2.00 bits per heavy atom. The molecule has 1 aliphatic rings. The Balaban J connectivity index is 2.71. The summed E-state index contributed by atoms with van der Waals surface area (Å²) >= 11 is 0. The molecule has 0 spiro atoms. The third-order valence-corrected chi connectivity index (χ3v) is 3.62. The molecular formula is C12H24O4. The Morgan fingerprint density at radius 3 is 2.38 bits per heavy atom. The average molecular weight is 232 g/mol. The molecule has 1 aliphatic heterocycles. The van der Waals surface area contributed by atoms with Gasteiger partial charge in [0, 0.05) is 6.42 Å². The summed E-state index contributed by atoms with van der Waals surface area (Å²) in [6.07, 6.45) is 1.42. The predicted octanol–water partition coefficient (Wildman–Crippen LogP) is 1.44. The maximum atomic E-state index is 10.2. The molecule has 0 bridgehead atoms. The van der Waals surface area contributed by atoms with Crippen LogP contribution in [-0.2, 0) is 9.47 Å². The average Bonchev–Trinajstić information content (AvgIpc) is 2.54. The SMILES string of the molecule is CCC(O)(CC)OC1(C)CC(CO)OC1C. The van der Waals surface area contributed by atoms with E-state index in [1.165, 1.54) is 0 Å². The lowest BCUT2D eigenvalue weighted by molar-refractivity contribution is -0.272. The maximum absolute atomic E-state index is 10.2. The third kappa shape index (κ3) is 2.74. The lowest BCUT2D eigenvalue weighted by atomic mass is 9.95. The summed E-state index contributed by atoms with van der Waals surface area (Å²) in [4.78, 5) is 0. The Labute approximate surface area is 97.6 Å². The van der Waals surface area contributed by atoms with Gasteiger partial charge < -0.3 is 19.7 Å². The second kappa shape index (κ2) is 5.00. The van der Waals surface area contributed by atoms with Gasteiger partial charge in [-0.2, -0.15) is 0 Å². The largest absolute Gasteiger partial charge is 0.394 e. The molecule has 1 fully saturated rings. The van der Waals surface area contributed by atoms with Crippen molar-refractivity contribution in [3.8, 4) is 0 Å². The molecule has 3 atom stereocenters. The molecule has 16 heavy (non-hydrogen) atoms. The van der Waals surface area contributed by atoms with Gasteiger partial charge in [-0.15, -0.1) is 0 Å². The standard InChI is InChI=1S/C12H24O4/c1-5-12(14,6-2)16-11(4)7-10(8-13)15-9(11)3/h9-10,13-14H,5-8H2,1-4H3. The van der Waals surface area contributed by atoms with Gasteiger partial charge in [0.05, 0.1) is 24.4 Å². The van der Waals surface area contributed by atoms with Gasteiger partial charge in [0.1, 0.15) is 0 Å². The van der Waals surface area contributed by atoms with Crippen LogP contribution in [0.15, 0.2) is 0 Å². The second-order valence-corrected chi connectivity index (χ2v) is 4.86. The van der Waals surface area contributed by atoms with Gasteiger partial charge in [0.25, 0.3) is 0 Å². The van der Waals surface area contributed by atoms with E-state index in [1.807, 2.05) is 27.7 Å². The van der Waals surface area contributed by atoms with Crippen molar-refractivity contribution in [1.82, 2.24) is 0 Å². The number of rotatable bonds is 5. The number of aliphatic hydroxyl groups excluding tert-OH is 1. The zero-order valence-electron chi connectivity index (χ0n) is 10.7. The van der Waals surface area contributed by atoms with Crippen LogP contribution in [0.3, 0.4) is 0 Å². The van der Waals surface area contributed by atoms with E-state index >= 15 is 0 Å². The van der Waals surface area contributed by atoms with Crippen molar-refractivity contribution < 1.29 is 19.7 Å². The van der Waals surface area contributed by atoms with Crippen LogP contribution in [0.2, 0.25) is 0 Å². The molecule has 4 heteroatoms. The van der Waals surface area contributed by atoms with Crippen molar-refractivity contribution >= 4 is 0 Å². The summed E-state index contributed by atoms with van der Waals surface area (Å²) in [5, 5.41) is 19.3. The fraction of sp³-hybridized carbons (Fsp3) is 1.00. The van der Waals surface area contributed by atoms with Crippen molar-refractivity contribution in [2.75, 3.05) is 6.61 Å². The van der Waals surface area contributed by atoms with Gasteiger partial charge in [-0.1, -0.05) is 13.8 Å². The summed E-state index contributed by atoms with van der Waals surface area (Å²) in [5.74, 6) is -1.09. The normalized spacial score (nSPS) is 35.6. The Kier molecular flexibility index (Phi) is 4.35. The molecule has 2 N–H and O–H groups in total. The number of hydrogen-bond donors (Lipinski definition) is 2. The molecule has 1 rings (SSSR count). The minimum Gasteiger partial charge on any atom is -0.394 e. The van der Waals surface area contributed by atoms with Crippen molar-refractivity contribution in [1.29, 1.82) is 0 Å². The van der Waals surface area contributed by atoms with Crippen LogP contribution in [0, 0.1) is 0 Å². The molecule has 0 radical (unpaired) electrons. The molecule has 0 amide bonds. The lowest BCUT2D eigenvalue weighted by Crippen LogP contribution is -2.46. The van der Waals surface area contributed by atoms with Crippen LogP contribution >= 0.6 is 0 Å². The van der Waals surface area contributed by atoms with Gasteiger partial charge >= 0.3 is 0 Å². The number of hydrogen-bond acceptors (Lipinski definition) is 4. The Hall–Kier alpha value is -0.160. The zero-order chi connectivity index (χ0) is 12.4. The molecule has 0 saturated carbocycles. The molecule has 1 heterocycles. The summed E-state index contributed by atoms with van der Waals surface area (Å²) in [6.45, 7) is 7.65. The highest BCUT2D eigenvalue weighted by Crippen LogP contribution is 2.37. The van der Waals surface area contributed by atoms with Crippen LogP contribution in [-0.4, -0.2) is 40.4 Å². The fourth-order valence-corrected chi connectivity index (χ4v) is 2.16. The fourth-order valence-electron chi connectivity index (χ4n) is 2.16. The molecule has 0 aromatic carbocycles. The first-order valence-corrected chi connectivity index (χ1v) is 6.08. The molecule has 4 nitrogen and oxygen atoms in total. The lowest BCUT2D eigenvalue weighted by Gasteiger charge is -2.37. The van der Waals surface area contributed by atoms with E-state index in [2.05, 4.69) is 0 Å². The maximum Gasteiger partial charge on any atom is 0.165 e. The van der Waals surface area contributed by atoms with Crippen LogP contribution in [0.1, 0.15) is 47.0 Å². The summed E-state index contributed by atoms with van der Waals surface area (Å²) in [7, 11) is 0. The van der Waals surface area contributed by atoms with Crippen molar-refractivity contribution in [2.24, 2.45) is 0 Å². The Morgan fingerprint density at radius 1 is 1.44 bits per heavy atom. The second-order valence-electron chi connectivity index (χ2n) is 4.86. The van der Waals surface area contributed by atoms with Crippen LogP contribution in [0.5, 0.6) is 0 Å². The van der Waals surface area contributed by atoms with Gasteiger partial charge in [-0.05, 0) is 26.7 Å². The van der Waals surface area contributed by atoms with E-state index in [1.54, 1.807) is 0 Å². The van der Waals surface area contributed by atoms with E-state index < -0.39 is 11.4 Å². The smallest absolute Gasteiger partial charge is 0.165 e. The Bertz CT molecular complexity index is 227. The molecule has 0 aromatic rings. The molecule has 0 aliphatic carbocycles. The highest BCUT2D eigenvalue weighted by molar-refractivity contribution is 4.93. The number of aliphatic hydroxyl groups is 2. The molecule has 1 saturated heterocycles. The first kappa shape index (κ1) is 13.9. The summed E-state index contributed by atoms with van der Waals surface area (Å²) in [6, 6.07) is 0. The quantitative estimate of drug-likeness (QED) is 0.704. The third-order valence-electron chi connectivity index (χ3n) is 3.62. The van der Waals surface area contributed by atoms with E-state index in [0.29, 0.717) is 19.3 Å². The van der Waals surface area contributed by atoms with Crippen molar-refractivity contribution in [3.05, 3.63) is 0 Å². The van der Waals surface area contributed by atoms with Crippen LogP contribution < -0.4 is 0 Å². The predicted molar refractivity (Wildman–Crippen MR) is 61.1 cm³/mol. The van der Waals surface area contributed by atoms with Gasteiger partial charge in [0.15, 0.2) is 5.79 Å². The van der Waals surface area contributed by atoms with E-state index in [9.17, 15) is 5.11 Å². The van der Waals surface area contributed by atoms with Gasteiger partial charge in [-0.3, -0.25) is 0 Å². The first-order valence-electron chi connectivity index (χ1n) is 6.08. The van der Waals surface area contributed by atoms with E-state index in [0.717, 1.165) is 0 Å². The van der Waals surface area contributed by atoms with E-state index in [4.69, 9.17) is 14.6 Å². The van der Waals surface area contributed by atoms with Crippen LogP contribution in [0.25, 0.3) is 0 Å². The number of ether oxygens (including phenoxy) is 2. The first-order chi connectivity index (χ1) is 7.39. The van der Waals surface area contributed by atoms with Gasteiger partial charge in [0.2, 0.25) is 0 Å². The van der Waals surface area contributed by atoms with Gasteiger partial charge in [-0.25, -0.2) is 0 Å². The minimum atomic E-state index is -1.09. The zero-order valence-corrected chi connectivity index (χ0v) is 10.7. The van der Waals surface area contributed by atoms with E-state index in [-0.39, 0.29) is 18.8 Å². The highest BCUT2D eigenvalue weighted by atomic mass is 16.7. The molecule has 96 valence electrons. The molecule has 3 unspecified atom stereocenters. The van der Waals surface area contributed by atoms with Crippen molar-refractivity contribution in [3.63, 3.8) is 0 Å². The minimum absolute atomic E-state index is 0.0000312. The summed E-state index contributed by atoms with van der Waals surface area (Å²) in [5.41, 5.74) is -0.520.